The summed E-state index contributed by atoms with van der Waals surface area (Å²) in [6.07, 6.45) is 0.813. The smallest absolute Gasteiger partial charge is 0.304 e. The first kappa shape index (κ1) is 18.5. The third kappa shape index (κ3) is 4.86. The monoisotopic (exact) mass is 365 g/mol. The molecule has 0 saturated heterocycles. The second kappa shape index (κ2) is 7.93. The lowest BCUT2D eigenvalue weighted by Gasteiger charge is -2.29. The maximum Gasteiger partial charge on any atom is 0.396 e. The van der Waals surface area contributed by atoms with Gasteiger partial charge in [0.05, 0.1) is 0 Å². The Bertz CT molecular complexity index is 754. The third-order valence-electron chi connectivity index (χ3n) is 3.82. The van der Waals surface area contributed by atoms with Gasteiger partial charge in [0.25, 0.3) is 0 Å². The summed E-state index contributed by atoms with van der Waals surface area (Å²) in [6, 6.07) is 30.3. The van der Waals surface area contributed by atoms with Gasteiger partial charge in [-0.05, 0) is 36.4 Å². The van der Waals surface area contributed by atoms with E-state index in [0.29, 0.717) is 0 Å². The van der Waals surface area contributed by atoms with Crippen molar-refractivity contribution in [3.63, 3.8) is 0 Å². The van der Waals surface area contributed by atoms with Crippen LogP contribution in [-0.4, -0.2) is 6.16 Å². The fourth-order valence-corrected chi connectivity index (χ4v) is 6.22. The van der Waals surface area contributed by atoms with Crippen LogP contribution in [0.1, 0.15) is 20.8 Å². The van der Waals surface area contributed by atoms with Crippen molar-refractivity contribution in [1.82, 2.24) is 0 Å². The molecule has 3 rings (SSSR count). The maximum absolute atomic E-state index is 6.66. The summed E-state index contributed by atoms with van der Waals surface area (Å²) in [5, 5.41) is 1.11. The first-order chi connectivity index (χ1) is 12.5. The van der Waals surface area contributed by atoms with Gasteiger partial charge in [-0.15, -0.1) is 0 Å². The summed E-state index contributed by atoms with van der Waals surface area (Å²) < 4.78 is 13.3. The normalized spacial score (nSPS) is 11.8. The predicted octanol–water partition coefficient (Wildman–Crippen LogP) is 6.36. The first-order valence-corrected chi connectivity index (χ1v) is 10.7. The van der Waals surface area contributed by atoms with Crippen LogP contribution >= 0.6 is 7.72 Å². The van der Waals surface area contributed by atoms with Crippen molar-refractivity contribution in [3.05, 3.63) is 91.0 Å². The van der Waals surface area contributed by atoms with Gasteiger partial charge in [-0.2, -0.15) is 0 Å². The molecule has 0 heterocycles. The number of rotatable bonds is 6. The van der Waals surface area contributed by atoms with E-state index in [-0.39, 0.29) is 5.41 Å². The summed E-state index contributed by atoms with van der Waals surface area (Å²) in [5.41, 5.74) is 0.0488. The van der Waals surface area contributed by atoms with E-state index in [2.05, 4.69) is 45.0 Å². The number of hydrogen-bond acceptors (Lipinski definition) is 2. The molecule has 0 atom stereocenters. The highest BCUT2D eigenvalue weighted by Crippen LogP contribution is 2.61. The van der Waals surface area contributed by atoms with Crippen molar-refractivity contribution in [3.8, 4) is 11.5 Å². The Kier molecular flexibility index (Phi) is 5.64. The molecule has 0 aliphatic rings. The molecule has 2 nitrogen and oxygen atoms in total. The average Bonchev–Trinajstić information content (AvgIpc) is 2.63. The molecule has 0 radical (unpaired) electrons. The van der Waals surface area contributed by atoms with E-state index in [1.807, 2.05) is 66.7 Å². The second-order valence-electron chi connectivity index (χ2n) is 7.54. The van der Waals surface area contributed by atoms with E-state index in [0.717, 1.165) is 23.0 Å². The molecule has 0 aliphatic carbocycles. The molecule has 0 aliphatic heterocycles. The SMILES string of the molecule is CC(C)(C)C[P+](Oc1ccccc1)(Oc1ccccc1)c1ccccc1. The molecule has 26 heavy (non-hydrogen) atoms. The Hall–Kier alpha value is -2.31. The van der Waals surface area contributed by atoms with Gasteiger partial charge in [-0.3, -0.25) is 0 Å². The van der Waals surface area contributed by atoms with Gasteiger partial charge in [0.1, 0.15) is 6.16 Å². The number of benzene rings is 3. The van der Waals surface area contributed by atoms with E-state index in [1.54, 1.807) is 0 Å². The lowest BCUT2D eigenvalue weighted by atomic mass is 10.0. The molecule has 3 aromatic carbocycles. The maximum atomic E-state index is 6.66. The van der Waals surface area contributed by atoms with Gasteiger partial charge in [0, 0.05) is 5.41 Å². The molecule has 0 spiro atoms. The minimum Gasteiger partial charge on any atom is -0.304 e. The van der Waals surface area contributed by atoms with Gasteiger partial charge in [-0.25, -0.2) is 0 Å². The zero-order valence-electron chi connectivity index (χ0n) is 15.6. The summed E-state index contributed by atoms with van der Waals surface area (Å²) in [5.74, 6) is 1.68. The molecule has 134 valence electrons. The Morgan fingerprint density at radius 2 is 1.00 bits per heavy atom. The van der Waals surface area contributed by atoms with Gasteiger partial charge in [-0.1, -0.05) is 75.4 Å². The van der Waals surface area contributed by atoms with Crippen molar-refractivity contribution in [2.75, 3.05) is 6.16 Å². The van der Waals surface area contributed by atoms with E-state index >= 15 is 0 Å². The lowest BCUT2D eigenvalue weighted by molar-refractivity contribution is 0.413. The molecular weight excluding hydrogens is 339 g/mol. The second-order valence-corrected chi connectivity index (χ2v) is 10.1. The Labute approximate surface area is 157 Å². The van der Waals surface area contributed by atoms with Crippen LogP contribution in [0.15, 0.2) is 91.0 Å². The van der Waals surface area contributed by atoms with Gasteiger partial charge >= 0.3 is 7.72 Å². The summed E-state index contributed by atoms with van der Waals surface area (Å²) in [7, 11) is -2.41. The van der Waals surface area contributed by atoms with Crippen LogP contribution in [-0.2, 0) is 0 Å². The average molecular weight is 365 g/mol. The fourth-order valence-electron chi connectivity index (χ4n) is 2.86. The predicted molar refractivity (Wildman–Crippen MR) is 111 cm³/mol. The zero-order valence-corrected chi connectivity index (χ0v) is 16.5. The molecule has 0 unspecified atom stereocenters. The minimum absolute atomic E-state index is 0.0488. The molecule has 0 bridgehead atoms. The van der Waals surface area contributed by atoms with Crippen LogP contribution < -0.4 is 14.4 Å². The summed E-state index contributed by atoms with van der Waals surface area (Å²) in [4.78, 5) is 0. The lowest BCUT2D eigenvalue weighted by Crippen LogP contribution is -2.30. The van der Waals surface area contributed by atoms with Crippen LogP contribution in [0.4, 0.5) is 0 Å². The van der Waals surface area contributed by atoms with Crippen LogP contribution in [0.2, 0.25) is 0 Å². The van der Waals surface area contributed by atoms with Gasteiger partial charge in [0.2, 0.25) is 0 Å². The molecule has 0 aromatic heterocycles. The Morgan fingerprint density at radius 1 is 0.615 bits per heavy atom. The third-order valence-corrected chi connectivity index (χ3v) is 7.29. The molecule has 0 fully saturated rings. The van der Waals surface area contributed by atoms with Gasteiger partial charge in [0.15, 0.2) is 16.8 Å². The highest BCUT2D eigenvalue weighted by Gasteiger charge is 2.51. The number of para-hydroxylation sites is 2. The van der Waals surface area contributed by atoms with E-state index in [9.17, 15) is 0 Å². The Morgan fingerprint density at radius 3 is 1.38 bits per heavy atom. The standard InChI is InChI=1S/C23H26O2P/c1-23(2,3)19-26(22-17-11-6-12-18-22,24-20-13-7-4-8-14-20)25-21-15-9-5-10-16-21/h4-18H,19H2,1-3H3/q+1. The van der Waals surface area contributed by atoms with Crippen molar-refractivity contribution in [1.29, 1.82) is 0 Å². The molecule has 3 aromatic rings. The molecular formula is C23H26O2P+. The van der Waals surface area contributed by atoms with Crippen LogP contribution in [0.5, 0.6) is 11.5 Å². The largest absolute Gasteiger partial charge is 0.396 e. The van der Waals surface area contributed by atoms with Crippen LogP contribution in [0, 0.1) is 5.41 Å². The van der Waals surface area contributed by atoms with E-state index in [4.69, 9.17) is 9.05 Å². The fraction of sp³-hybridized carbons (Fsp3) is 0.217. The van der Waals surface area contributed by atoms with Gasteiger partial charge < -0.3 is 9.05 Å². The first-order valence-electron chi connectivity index (χ1n) is 8.90. The summed E-state index contributed by atoms with van der Waals surface area (Å²) in [6.45, 7) is 6.69. The molecule has 0 N–H and O–H groups in total. The topological polar surface area (TPSA) is 18.5 Å². The van der Waals surface area contributed by atoms with E-state index in [1.165, 1.54) is 0 Å². The molecule has 0 saturated carbocycles. The molecule has 0 amide bonds. The van der Waals surface area contributed by atoms with Crippen molar-refractivity contribution in [2.45, 2.75) is 20.8 Å². The zero-order chi connectivity index (χ0) is 18.5. The highest BCUT2D eigenvalue weighted by molar-refractivity contribution is 7.74. The van der Waals surface area contributed by atoms with Crippen LogP contribution in [0.25, 0.3) is 0 Å². The quantitative estimate of drug-likeness (QED) is 0.473. The Balaban J connectivity index is 2.09. The highest BCUT2D eigenvalue weighted by atomic mass is 31.2. The van der Waals surface area contributed by atoms with Crippen LogP contribution in [0.3, 0.4) is 0 Å². The van der Waals surface area contributed by atoms with E-state index < -0.39 is 7.72 Å². The van der Waals surface area contributed by atoms with Crippen molar-refractivity contribution in [2.24, 2.45) is 5.41 Å². The van der Waals surface area contributed by atoms with Crippen molar-refractivity contribution >= 4 is 13.0 Å². The van der Waals surface area contributed by atoms with Crippen molar-refractivity contribution < 1.29 is 9.05 Å². The molecule has 3 heteroatoms. The minimum atomic E-state index is -2.41. The number of hydrogen-bond donors (Lipinski definition) is 0. The summed E-state index contributed by atoms with van der Waals surface area (Å²) >= 11 is 0.